The number of rotatable bonds is 4. The van der Waals surface area contributed by atoms with Crippen LogP contribution >= 0.6 is 15.9 Å². The van der Waals surface area contributed by atoms with Gasteiger partial charge in [-0.2, -0.15) is 0 Å². The average molecular weight is 470 g/mol. The number of aliphatic hydroxyl groups is 1. The number of hydrogen-bond acceptors (Lipinski definition) is 7. The van der Waals surface area contributed by atoms with Crippen molar-refractivity contribution < 1.29 is 14.6 Å². The third kappa shape index (κ3) is 3.38. The topological polar surface area (TPSA) is 108 Å². The predicted octanol–water partition coefficient (Wildman–Crippen LogP) is 3.36. The van der Waals surface area contributed by atoms with Gasteiger partial charge in [0.1, 0.15) is 42.5 Å². The molecular formula is C21H20BrN5O3. The number of nitrogens with two attached hydrogens (primary N) is 1. The maximum atomic E-state index is 10.6. The zero-order valence-electron chi connectivity index (χ0n) is 16.2. The van der Waals surface area contributed by atoms with E-state index in [0.29, 0.717) is 23.6 Å². The van der Waals surface area contributed by atoms with Crippen molar-refractivity contribution in [3.8, 4) is 5.75 Å². The molecule has 4 aromatic rings. The predicted molar refractivity (Wildman–Crippen MR) is 116 cm³/mol. The fraction of sp³-hybridized carbons (Fsp3) is 0.286. The summed E-state index contributed by atoms with van der Waals surface area (Å²) in [5.41, 5.74) is 8.46. The Morgan fingerprint density at radius 2 is 2.13 bits per heavy atom. The number of aryl methyl sites for hydroxylation is 1. The van der Waals surface area contributed by atoms with Crippen molar-refractivity contribution in [2.24, 2.45) is 0 Å². The molecule has 1 fully saturated rings. The van der Waals surface area contributed by atoms with E-state index in [-0.39, 0.29) is 12.8 Å². The molecule has 9 heteroatoms. The van der Waals surface area contributed by atoms with Gasteiger partial charge in [0.05, 0.1) is 17.0 Å². The molecule has 154 valence electrons. The molecule has 3 N–H and O–H groups in total. The second-order valence-corrected chi connectivity index (χ2v) is 8.32. The summed E-state index contributed by atoms with van der Waals surface area (Å²) in [4.78, 5) is 12.8. The molecular weight excluding hydrogens is 450 g/mol. The van der Waals surface area contributed by atoms with Gasteiger partial charge in [0, 0.05) is 34.2 Å². The van der Waals surface area contributed by atoms with Gasteiger partial charge in [-0.1, -0.05) is 0 Å². The lowest BCUT2D eigenvalue weighted by Crippen LogP contribution is -2.28. The highest BCUT2D eigenvalue weighted by molar-refractivity contribution is 9.10. The molecule has 4 heterocycles. The Balaban J connectivity index is 1.32. The summed E-state index contributed by atoms with van der Waals surface area (Å²) >= 11 is 3.42. The molecule has 0 aliphatic carbocycles. The van der Waals surface area contributed by atoms with Crippen molar-refractivity contribution in [1.29, 1.82) is 0 Å². The Morgan fingerprint density at radius 1 is 1.27 bits per heavy atom. The first-order valence-electron chi connectivity index (χ1n) is 9.59. The smallest absolute Gasteiger partial charge is 0.147 e. The van der Waals surface area contributed by atoms with Crippen LogP contribution < -0.4 is 10.5 Å². The van der Waals surface area contributed by atoms with Gasteiger partial charge in [-0.15, -0.1) is 0 Å². The van der Waals surface area contributed by atoms with Crippen molar-refractivity contribution in [3.05, 3.63) is 53.0 Å². The van der Waals surface area contributed by atoms with Crippen molar-refractivity contribution in [2.75, 3.05) is 12.3 Å². The summed E-state index contributed by atoms with van der Waals surface area (Å²) in [6.45, 7) is 2.19. The van der Waals surface area contributed by atoms with Gasteiger partial charge in [-0.3, -0.25) is 4.98 Å². The van der Waals surface area contributed by atoms with E-state index in [0.717, 1.165) is 26.5 Å². The number of ether oxygens (including phenoxy) is 2. The summed E-state index contributed by atoms with van der Waals surface area (Å²) in [7, 11) is 0. The van der Waals surface area contributed by atoms with E-state index in [2.05, 4.69) is 30.9 Å². The zero-order valence-corrected chi connectivity index (χ0v) is 17.8. The minimum Gasteiger partial charge on any atom is -0.491 e. The molecule has 3 atom stereocenters. The largest absolute Gasteiger partial charge is 0.491 e. The maximum Gasteiger partial charge on any atom is 0.147 e. The van der Waals surface area contributed by atoms with Crippen molar-refractivity contribution in [2.45, 2.75) is 31.8 Å². The quantitative estimate of drug-likeness (QED) is 0.471. The normalized spacial score (nSPS) is 21.5. The molecule has 0 radical (unpaired) electrons. The van der Waals surface area contributed by atoms with Gasteiger partial charge >= 0.3 is 0 Å². The van der Waals surface area contributed by atoms with E-state index in [4.69, 9.17) is 15.2 Å². The Kier molecular flexibility index (Phi) is 4.80. The fourth-order valence-electron chi connectivity index (χ4n) is 3.90. The number of nitrogens with zero attached hydrogens (tertiary/aromatic N) is 4. The highest BCUT2D eigenvalue weighted by atomic mass is 79.9. The first-order valence-corrected chi connectivity index (χ1v) is 10.4. The minimum atomic E-state index is -0.652. The molecule has 0 unspecified atom stereocenters. The highest BCUT2D eigenvalue weighted by Gasteiger charge is 2.36. The highest BCUT2D eigenvalue weighted by Crippen LogP contribution is 2.34. The second kappa shape index (κ2) is 7.50. The number of nitrogen functional groups attached to an aromatic ring is 1. The van der Waals surface area contributed by atoms with Gasteiger partial charge in [0.2, 0.25) is 0 Å². The van der Waals surface area contributed by atoms with Crippen LogP contribution in [0.2, 0.25) is 0 Å². The van der Waals surface area contributed by atoms with Crippen LogP contribution in [0.4, 0.5) is 5.82 Å². The molecule has 1 aliphatic heterocycles. The molecule has 8 nitrogen and oxygen atoms in total. The van der Waals surface area contributed by atoms with Crippen LogP contribution in [0.5, 0.6) is 5.75 Å². The van der Waals surface area contributed by atoms with E-state index >= 15 is 0 Å². The minimum absolute atomic E-state index is 0.231. The number of pyridine rings is 1. The number of hydrogen-bond donors (Lipinski definition) is 2. The van der Waals surface area contributed by atoms with Crippen LogP contribution in [0.1, 0.15) is 18.3 Å². The number of aromatic nitrogens is 4. The lowest BCUT2D eigenvalue weighted by molar-refractivity contribution is -0.0385. The van der Waals surface area contributed by atoms with E-state index in [1.807, 2.05) is 41.8 Å². The molecule has 1 saturated heterocycles. The summed E-state index contributed by atoms with van der Waals surface area (Å²) in [5, 5.41) is 12.4. The zero-order chi connectivity index (χ0) is 20.8. The molecule has 1 aromatic carbocycles. The van der Waals surface area contributed by atoms with Gasteiger partial charge in [-0.05, 0) is 47.1 Å². The van der Waals surface area contributed by atoms with Gasteiger partial charge in [-0.25, -0.2) is 9.97 Å². The van der Waals surface area contributed by atoms with Gasteiger partial charge in [0.15, 0.2) is 0 Å². The van der Waals surface area contributed by atoms with Crippen molar-refractivity contribution >= 4 is 43.7 Å². The third-order valence-electron chi connectivity index (χ3n) is 5.38. The number of fused-ring (bicyclic) bond motifs is 2. The van der Waals surface area contributed by atoms with E-state index in [1.54, 1.807) is 6.20 Å². The standard InChI is InChI=1S/C21H20BrN5O3/c1-11-4-15-20(23)25-10-26-21(15)27(11)19-7-17(28)18(30-19)9-29-14-3-2-12-5-13(22)8-24-16(12)6-14/h2-6,8,10,17-19,28H,7,9H2,1H3,(H2,23,25,26)/t17-,18+,19+/m0/s1. The van der Waals surface area contributed by atoms with Crippen LogP contribution in [0.15, 0.2) is 47.3 Å². The van der Waals surface area contributed by atoms with Crippen LogP contribution in [0.3, 0.4) is 0 Å². The Labute approximate surface area is 180 Å². The number of halogens is 1. The van der Waals surface area contributed by atoms with E-state index in [9.17, 15) is 5.11 Å². The van der Waals surface area contributed by atoms with Crippen molar-refractivity contribution in [1.82, 2.24) is 19.5 Å². The number of anilines is 1. The van der Waals surface area contributed by atoms with Gasteiger partial charge < -0.3 is 24.9 Å². The van der Waals surface area contributed by atoms with Gasteiger partial charge in [0.25, 0.3) is 0 Å². The summed E-state index contributed by atoms with van der Waals surface area (Å²) < 4.78 is 14.9. The van der Waals surface area contributed by atoms with Crippen LogP contribution in [-0.4, -0.2) is 43.4 Å². The molecule has 30 heavy (non-hydrogen) atoms. The molecule has 0 bridgehead atoms. The Hall–Kier alpha value is -2.75. The first-order chi connectivity index (χ1) is 14.5. The summed E-state index contributed by atoms with van der Waals surface area (Å²) in [6, 6.07) is 9.66. The van der Waals surface area contributed by atoms with E-state index < -0.39 is 12.2 Å². The molecule has 0 amide bonds. The lowest BCUT2D eigenvalue weighted by atomic mass is 10.2. The third-order valence-corrected chi connectivity index (χ3v) is 5.82. The second-order valence-electron chi connectivity index (χ2n) is 7.40. The van der Waals surface area contributed by atoms with Crippen LogP contribution in [0, 0.1) is 6.92 Å². The Morgan fingerprint density at radius 3 is 3.00 bits per heavy atom. The maximum absolute atomic E-state index is 10.6. The summed E-state index contributed by atoms with van der Waals surface area (Å²) in [6.07, 6.45) is 2.17. The molecule has 5 rings (SSSR count). The molecule has 1 aliphatic rings. The fourth-order valence-corrected chi connectivity index (χ4v) is 4.25. The SMILES string of the molecule is Cc1cc2c(N)ncnc2n1[C@H]1C[C@H](O)[C@@H](COc2ccc3cc(Br)cnc3c2)O1. The molecule has 0 saturated carbocycles. The first kappa shape index (κ1) is 19.2. The Bertz CT molecular complexity index is 1240. The van der Waals surface area contributed by atoms with Crippen molar-refractivity contribution in [3.63, 3.8) is 0 Å². The molecule has 0 spiro atoms. The number of benzene rings is 1. The summed E-state index contributed by atoms with van der Waals surface area (Å²) in [5.74, 6) is 1.11. The monoisotopic (exact) mass is 469 g/mol. The average Bonchev–Trinajstić information content (AvgIpc) is 3.26. The van der Waals surface area contributed by atoms with E-state index in [1.165, 1.54) is 6.33 Å². The lowest BCUT2D eigenvalue weighted by Gasteiger charge is -2.18. The van der Waals surface area contributed by atoms with Crippen LogP contribution in [0.25, 0.3) is 21.9 Å². The molecule has 3 aromatic heterocycles. The number of aliphatic hydroxyl groups excluding tert-OH is 1. The van der Waals surface area contributed by atoms with Crippen LogP contribution in [-0.2, 0) is 4.74 Å².